The van der Waals surface area contributed by atoms with E-state index in [0.717, 1.165) is 17.4 Å². The van der Waals surface area contributed by atoms with Gasteiger partial charge in [0.2, 0.25) is 11.8 Å². The zero-order valence-corrected chi connectivity index (χ0v) is 15.9. The number of H-pyrrole nitrogens is 1. The van der Waals surface area contributed by atoms with E-state index in [1.165, 1.54) is 17.2 Å². The third-order valence-corrected chi connectivity index (χ3v) is 4.58. The second-order valence-corrected chi connectivity index (χ2v) is 7.36. The summed E-state index contributed by atoms with van der Waals surface area (Å²) in [6.07, 6.45) is 2.64. The van der Waals surface area contributed by atoms with Gasteiger partial charge in [0.1, 0.15) is 6.54 Å². The van der Waals surface area contributed by atoms with Gasteiger partial charge < -0.3 is 14.9 Å². The van der Waals surface area contributed by atoms with Gasteiger partial charge in [-0.15, -0.1) is 0 Å². The van der Waals surface area contributed by atoms with Crippen molar-refractivity contribution in [2.24, 2.45) is 5.92 Å². The van der Waals surface area contributed by atoms with E-state index >= 15 is 0 Å². The molecule has 2 rings (SSSR count). The van der Waals surface area contributed by atoms with Gasteiger partial charge >= 0.3 is 5.69 Å². The number of aliphatic hydroxyl groups excluding tert-OH is 1. The molecule has 0 aliphatic carbocycles. The molecule has 1 aromatic rings. The summed E-state index contributed by atoms with van der Waals surface area (Å²) >= 11 is 0. The zero-order chi connectivity index (χ0) is 20.0. The van der Waals surface area contributed by atoms with Crippen molar-refractivity contribution in [1.29, 1.82) is 0 Å². The highest BCUT2D eigenvalue weighted by molar-refractivity contribution is 5.77. The lowest BCUT2D eigenvalue weighted by atomic mass is 10.1. The van der Waals surface area contributed by atoms with Crippen LogP contribution < -0.4 is 11.2 Å². The first kappa shape index (κ1) is 20.9. The van der Waals surface area contributed by atoms with E-state index in [0.29, 0.717) is 25.4 Å². The SMILES string of the molecule is CC(C)CCCC(=O)N1CCN(C(=O)Cn2ccc(=O)[nH]c2=O)CC(O)C1. The summed E-state index contributed by atoms with van der Waals surface area (Å²) in [6, 6.07) is 1.17. The van der Waals surface area contributed by atoms with Crippen molar-refractivity contribution in [2.45, 2.75) is 45.8 Å². The van der Waals surface area contributed by atoms with Crippen LogP contribution in [0.2, 0.25) is 0 Å². The molecule has 1 aromatic heterocycles. The van der Waals surface area contributed by atoms with Gasteiger partial charge in [0.05, 0.1) is 6.10 Å². The highest BCUT2D eigenvalue weighted by Crippen LogP contribution is 2.11. The van der Waals surface area contributed by atoms with Gasteiger partial charge in [0.25, 0.3) is 5.56 Å². The Balaban J connectivity index is 1.94. The number of carbonyl (C=O) groups is 2. The lowest BCUT2D eigenvalue weighted by Gasteiger charge is -2.22. The average molecular weight is 380 g/mol. The van der Waals surface area contributed by atoms with Crippen LogP contribution in [-0.2, 0) is 16.1 Å². The summed E-state index contributed by atoms with van der Waals surface area (Å²) in [5.74, 6) is 0.176. The van der Waals surface area contributed by atoms with Crippen LogP contribution in [0.5, 0.6) is 0 Å². The highest BCUT2D eigenvalue weighted by atomic mass is 16.3. The van der Waals surface area contributed by atoms with Crippen molar-refractivity contribution in [2.75, 3.05) is 26.2 Å². The van der Waals surface area contributed by atoms with Crippen molar-refractivity contribution in [3.8, 4) is 0 Å². The first-order chi connectivity index (χ1) is 12.8. The third kappa shape index (κ3) is 6.35. The zero-order valence-electron chi connectivity index (χ0n) is 15.9. The summed E-state index contributed by atoms with van der Waals surface area (Å²) in [6.45, 7) is 4.93. The molecule has 0 bridgehead atoms. The van der Waals surface area contributed by atoms with Gasteiger partial charge in [-0.25, -0.2) is 4.79 Å². The first-order valence-electron chi connectivity index (χ1n) is 9.29. The number of nitrogens with one attached hydrogen (secondary N) is 1. The number of β-amino-alcohol motifs (C(OH)–C–C–N with tert-alkyl or cyclic N) is 1. The van der Waals surface area contributed by atoms with E-state index in [-0.39, 0.29) is 31.4 Å². The van der Waals surface area contributed by atoms with Gasteiger partial charge in [-0.05, 0) is 12.3 Å². The molecule has 27 heavy (non-hydrogen) atoms. The summed E-state index contributed by atoms with van der Waals surface area (Å²) in [4.78, 5) is 52.8. The molecular weight excluding hydrogens is 352 g/mol. The predicted octanol–water partition coefficient (Wildman–Crippen LogP) is -0.605. The molecule has 0 aromatic carbocycles. The molecule has 1 atom stereocenters. The van der Waals surface area contributed by atoms with Gasteiger partial charge in [0, 0.05) is 44.9 Å². The fraction of sp³-hybridized carbons (Fsp3) is 0.667. The van der Waals surface area contributed by atoms with Crippen molar-refractivity contribution in [3.63, 3.8) is 0 Å². The number of aromatic nitrogens is 2. The molecule has 2 N–H and O–H groups in total. The standard InChI is InChI=1S/C18H28N4O5/c1-13(2)4-3-5-16(25)20-8-9-21(11-14(23)10-20)17(26)12-22-7-6-15(24)19-18(22)27/h6-7,13-14,23H,3-5,8-12H2,1-2H3,(H,19,24,27). The van der Waals surface area contributed by atoms with E-state index in [9.17, 15) is 24.3 Å². The van der Waals surface area contributed by atoms with Crippen LogP contribution in [0.1, 0.15) is 33.1 Å². The van der Waals surface area contributed by atoms with Crippen molar-refractivity contribution in [3.05, 3.63) is 33.1 Å². The van der Waals surface area contributed by atoms with Crippen molar-refractivity contribution in [1.82, 2.24) is 19.4 Å². The van der Waals surface area contributed by atoms with Crippen LogP contribution in [0.4, 0.5) is 0 Å². The Labute approximate surface area is 157 Å². The number of rotatable bonds is 6. The Bertz CT molecular complexity index is 770. The molecule has 0 spiro atoms. The number of aromatic amines is 1. The minimum Gasteiger partial charge on any atom is -0.389 e. The molecule has 150 valence electrons. The maximum Gasteiger partial charge on any atom is 0.328 e. The van der Waals surface area contributed by atoms with E-state index in [2.05, 4.69) is 18.8 Å². The molecule has 0 radical (unpaired) electrons. The molecule has 1 aliphatic rings. The largest absolute Gasteiger partial charge is 0.389 e. The maximum absolute atomic E-state index is 12.5. The highest BCUT2D eigenvalue weighted by Gasteiger charge is 2.26. The Morgan fingerprint density at radius 2 is 1.81 bits per heavy atom. The summed E-state index contributed by atoms with van der Waals surface area (Å²) in [5, 5.41) is 10.2. The average Bonchev–Trinajstić information content (AvgIpc) is 2.78. The van der Waals surface area contributed by atoms with Crippen LogP contribution in [0.3, 0.4) is 0 Å². The Kier molecular flexibility index (Phi) is 7.35. The second kappa shape index (κ2) is 9.50. The molecule has 1 aliphatic heterocycles. The maximum atomic E-state index is 12.5. The molecule has 0 saturated carbocycles. The number of aliphatic hydroxyl groups is 1. The Morgan fingerprint density at radius 1 is 1.19 bits per heavy atom. The molecule has 2 heterocycles. The van der Waals surface area contributed by atoms with E-state index < -0.39 is 17.4 Å². The minimum atomic E-state index is -0.835. The topological polar surface area (TPSA) is 116 Å². The van der Waals surface area contributed by atoms with Gasteiger partial charge in [-0.2, -0.15) is 0 Å². The molecule has 2 amide bonds. The van der Waals surface area contributed by atoms with Gasteiger partial charge in [0.15, 0.2) is 0 Å². The molecule has 9 nitrogen and oxygen atoms in total. The van der Waals surface area contributed by atoms with E-state index in [1.807, 2.05) is 0 Å². The summed E-state index contributed by atoms with van der Waals surface area (Å²) in [7, 11) is 0. The quantitative estimate of drug-likeness (QED) is 0.683. The van der Waals surface area contributed by atoms with Crippen molar-refractivity contribution < 1.29 is 14.7 Å². The number of amides is 2. The predicted molar refractivity (Wildman–Crippen MR) is 99.2 cm³/mol. The van der Waals surface area contributed by atoms with Gasteiger partial charge in [-0.1, -0.05) is 20.3 Å². The van der Waals surface area contributed by atoms with Crippen molar-refractivity contribution >= 4 is 11.8 Å². The molecule has 9 heteroatoms. The molecule has 1 unspecified atom stereocenters. The Morgan fingerprint density at radius 3 is 2.41 bits per heavy atom. The number of hydrogen-bond donors (Lipinski definition) is 2. The summed E-state index contributed by atoms with van der Waals surface area (Å²) in [5.41, 5.74) is -1.19. The lowest BCUT2D eigenvalue weighted by Crippen LogP contribution is -2.41. The smallest absolute Gasteiger partial charge is 0.328 e. The van der Waals surface area contributed by atoms with Crippen LogP contribution in [0.25, 0.3) is 0 Å². The third-order valence-electron chi connectivity index (χ3n) is 4.58. The number of carbonyl (C=O) groups excluding carboxylic acids is 2. The fourth-order valence-corrected chi connectivity index (χ4v) is 3.08. The van der Waals surface area contributed by atoms with E-state index in [4.69, 9.17) is 0 Å². The molecular formula is C18H28N4O5. The second-order valence-electron chi connectivity index (χ2n) is 7.36. The Hall–Kier alpha value is -2.42. The normalized spacial score (nSPS) is 17.9. The number of nitrogens with zero attached hydrogens (tertiary/aromatic N) is 3. The summed E-state index contributed by atoms with van der Waals surface area (Å²) < 4.78 is 1.11. The van der Waals surface area contributed by atoms with Gasteiger partial charge in [-0.3, -0.25) is 23.9 Å². The lowest BCUT2D eigenvalue weighted by molar-refractivity contribution is -0.134. The molecule has 1 fully saturated rings. The number of hydrogen-bond acceptors (Lipinski definition) is 5. The van der Waals surface area contributed by atoms with Crippen LogP contribution in [-0.4, -0.2) is 68.6 Å². The van der Waals surface area contributed by atoms with Crippen LogP contribution in [0.15, 0.2) is 21.9 Å². The fourth-order valence-electron chi connectivity index (χ4n) is 3.08. The van der Waals surface area contributed by atoms with Crippen LogP contribution >= 0.6 is 0 Å². The van der Waals surface area contributed by atoms with E-state index in [1.54, 1.807) is 4.90 Å². The monoisotopic (exact) mass is 380 g/mol. The molecule has 1 saturated heterocycles. The van der Waals surface area contributed by atoms with Crippen LogP contribution in [0, 0.1) is 5.92 Å². The first-order valence-corrected chi connectivity index (χ1v) is 9.29. The minimum absolute atomic E-state index is 0.0131.